The Hall–Kier alpha value is 0.137. The first kappa shape index (κ1) is 12.2. The van der Waals surface area contributed by atoms with E-state index in [-0.39, 0.29) is 0 Å². The molecule has 0 aromatic carbocycles. The zero-order valence-electron chi connectivity index (χ0n) is 10.3. The summed E-state index contributed by atoms with van der Waals surface area (Å²) in [6.45, 7) is 11.5. The van der Waals surface area contributed by atoms with Crippen molar-refractivity contribution in [2.45, 2.75) is 70.3 Å². The van der Waals surface area contributed by atoms with E-state index in [1.807, 2.05) is 0 Å². The van der Waals surface area contributed by atoms with Crippen molar-refractivity contribution < 1.29 is 4.43 Å². The molecule has 1 fully saturated rings. The largest absolute Gasteiger partial charge is 0.414 e. The van der Waals surface area contributed by atoms with E-state index in [9.17, 15) is 0 Å². The first-order chi connectivity index (χ1) is 6.22. The van der Waals surface area contributed by atoms with E-state index >= 15 is 0 Å². The van der Waals surface area contributed by atoms with E-state index in [0.717, 1.165) is 19.3 Å². The Morgan fingerprint density at radius 1 is 1.21 bits per heavy atom. The number of hydrogen-bond acceptors (Lipinski definition) is 2. The minimum atomic E-state index is -1.56. The topological polar surface area (TPSA) is 35.2 Å². The minimum absolute atomic E-state index is 0.319. The summed E-state index contributed by atoms with van der Waals surface area (Å²) in [4.78, 5) is 0. The van der Waals surface area contributed by atoms with E-state index in [4.69, 9.17) is 10.2 Å². The third-order valence-electron chi connectivity index (χ3n) is 3.69. The van der Waals surface area contributed by atoms with Gasteiger partial charge in [0.15, 0.2) is 8.32 Å². The molecule has 2 atom stereocenters. The predicted octanol–water partition coefficient (Wildman–Crippen LogP) is 2.89. The van der Waals surface area contributed by atoms with Crippen LogP contribution < -0.4 is 5.73 Å². The van der Waals surface area contributed by atoms with E-state index in [1.165, 1.54) is 0 Å². The van der Waals surface area contributed by atoms with Crippen molar-refractivity contribution in [3.63, 3.8) is 0 Å². The lowest BCUT2D eigenvalue weighted by Crippen LogP contribution is -2.43. The van der Waals surface area contributed by atoms with Crippen LogP contribution in [0.25, 0.3) is 0 Å². The maximum absolute atomic E-state index is 6.29. The Balaban J connectivity index is 2.51. The third-order valence-corrected chi connectivity index (χ3v) is 8.23. The van der Waals surface area contributed by atoms with Crippen molar-refractivity contribution in [2.24, 2.45) is 5.73 Å². The molecule has 1 saturated carbocycles. The summed E-state index contributed by atoms with van der Waals surface area (Å²) < 4.78 is 6.29. The van der Waals surface area contributed by atoms with Gasteiger partial charge in [-0.25, -0.2) is 0 Å². The Labute approximate surface area is 89.3 Å². The molecule has 0 aromatic heterocycles. The average molecular weight is 215 g/mol. The first-order valence-corrected chi connectivity index (χ1v) is 8.56. The van der Waals surface area contributed by atoms with Gasteiger partial charge >= 0.3 is 0 Å². The maximum Gasteiger partial charge on any atom is 0.192 e. The van der Waals surface area contributed by atoms with Crippen LogP contribution >= 0.6 is 0 Å². The molecule has 14 heavy (non-hydrogen) atoms. The van der Waals surface area contributed by atoms with Crippen molar-refractivity contribution in [1.82, 2.24) is 0 Å². The Morgan fingerprint density at radius 3 is 2.14 bits per heavy atom. The van der Waals surface area contributed by atoms with Crippen molar-refractivity contribution in [2.75, 3.05) is 0 Å². The summed E-state index contributed by atoms with van der Waals surface area (Å²) in [5.74, 6) is 0. The summed E-state index contributed by atoms with van der Waals surface area (Å²) in [7, 11) is -1.56. The lowest BCUT2D eigenvalue weighted by atomic mass is 10.2. The molecule has 0 aromatic rings. The fraction of sp³-hybridized carbons (Fsp3) is 1.00. The van der Waals surface area contributed by atoms with Crippen LogP contribution in [0.4, 0.5) is 0 Å². The molecule has 0 heterocycles. The van der Waals surface area contributed by atoms with E-state index < -0.39 is 8.32 Å². The van der Waals surface area contributed by atoms with Crippen LogP contribution in [0.2, 0.25) is 18.1 Å². The summed E-state index contributed by atoms with van der Waals surface area (Å²) >= 11 is 0. The van der Waals surface area contributed by atoms with E-state index in [1.54, 1.807) is 0 Å². The molecule has 0 radical (unpaired) electrons. The number of rotatable bonds is 2. The molecule has 0 unspecified atom stereocenters. The summed E-state index contributed by atoms with van der Waals surface area (Å²) in [5.41, 5.74) is 5.89. The quantitative estimate of drug-likeness (QED) is 0.719. The normalized spacial score (nSPS) is 29.6. The highest BCUT2D eigenvalue weighted by Crippen LogP contribution is 2.39. The van der Waals surface area contributed by atoms with Crippen molar-refractivity contribution >= 4 is 8.32 Å². The zero-order chi connectivity index (χ0) is 11.0. The van der Waals surface area contributed by atoms with Crippen molar-refractivity contribution in [3.05, 3.63) is 0 Å². The molecule has 0 bridgehead atoms. The highest BCUT2D eigenvalue weighted by molar-refractivity contribution is 6.74. The fourth-order valence-electron chi connectivity index (χ4n) is 1.67. The SMILES string of the molecule is CC(C)(C)[Si](C)(C)O[C@@H]1CC[C@@H](N)C1. The summed E-state index contributed by atoms with van der Waals surface area (Å²) in [6.07, 6.45) is 3.80. The van der Waals surface area contributed by atoms with Gasteiger partial charge in [-0.1, -0.05) is 20.8 Å². The van der Waals surface area contributed by atoms with Crippen LogP contribution in [0.3, 0.4) is 0 Å². The van der Waals surface area contributed by atoms with Crippen molar-refractivity contribution in [3.8, 4) is 0 Å². The van der Waals surface area contributed by atoms with Crippen LogP contribution in [-0.2, 0) is 4.43 Å². The van der Waals surface area contributed by atoms with Crippen LogP contribution in [0.15, 0.2) is 0 Å². The number of nitrogens with two attached hydrogens (primary N) is 1. The molecule has 2 nitrogen and oxygen atoms in total. The molecule has 0 amide bonds. The van der Waals surface area contributed by atoms with Gasteiger partial charge in [-0.3, -0.25) is 0 Å². The predicted molar refractivity (Wildman–Crippen MR) is 63.9 cm³/mol. The molecule has 1 aliphatic rings. The molecule has 84 valence electrons. The summed E-state index contributed by atoms with van der Waals surface area (Å²) in [5, 5.41) is 0.319. The van der Waals surface area contributed by atoms with Gasteiger partial charge in [-0.15, -0.1) is 0 Å². The van der Waals surface area contributed by atoms with Gasteiger partial charge in [-0.05, 0) is 37.4 Å². The minimum Gasteiger partial charge on any atom is -0.414 e. The van der Waals surface area contributed by atoms with Gasteiger partial charge in [-0.2, -0.15) is 0 Å². The molecular formula is C11H25NOSi. The molecular weight excluding hydrogens is 190 g/mol. The molecule has 0 aliphatic heterocycles. The van der Waals surface area contributed by atoms with Crippen LogP contribution in [0.1, 0.15) is 40.0 Å². The Morgan fingerprint density at radius 2 is 1.79 bits per heavy atom. The molecule has 1 rings (SSSR count). The smallest absolute Gasteiger partial charge is 0.192 e. The van der Waals surface area contributed by atoms with Gasteiger partial charge in [0.1, 0.15) is 0 Å². The fourth-order valence-corrected chi connectivity index (χ4v) is 3.07. The molecule has 3 heteroatoms. The standard InChI is InChI=1S/C11H25NOSi/c1-11(2,3)14(4,5)13-10-7-6-9(12)8-10/h9-10H,6-8,12H2,1-5H3/t9-,10-/m1/s1. The maximum atomic E-state index is 6.29. The van der Waals surface area contributed by atoms with Gasteiger partial charge in [0.25, 0.3) is 0 Å². The Bertz CT molecular complexity index is 198. The van der Waals surface area contributed by atoms with Crippen LogP contribution in [-0.4, -0.2) is 20.5 Å². The van der Waals surface area contributed by atoms with E-state index in [2.05, 4.69) is 33.9 Å². The lowest BCUT2D eigenvalue weighted by molar-refractivity contribution is 0.186. The summed E-state index contributed by atoms with van der Waals surface area (Å²) in [6, 6.07) is 0.379. The van der Waals surface area contributed by atoms with Gasteiger partial charge in [0.2, 0.25) is 0 Å². The van der Waals surface area contributed by atoms with Crippen LogP contribution in [0.5, 0.6) is 0 Å². The van der Waals surface area contributed by atoms with Gasteiger partial charge in [0.05, 0.1) is 0 Å². The second-order valence-corrected chi connectivity index (χ2v) is 10.8. The molecule has 0 spiro atoms. The highest BCUT2D eigenvalue weighted by Gasteiger charge is 2.40. The Kier molecular flexibility index (Phi) is 3.44. The van der Waals surface area contributed by atoms with Gasteiger partial charge in [0, 0.05) is 12.1 Å². The molecule has 1 aliphatic carbocycles. The van der Waals surface area contributed by atoms with Gasteiger partial charge < -0.3 is 10.2 Å². The first-order valence-electron chi connectivity index (χ1n) is 5.66. The van der Waals surface area contributed by atoms with Crippen LogP contribution in [0, 0.1) is 0 Å². The monoisotopic (exact) mass is 215 g/mol. The third kappa shape index (κ3) is 2.81. The zero-order valence-corrected chi connectivity index (χ0v) is 11.3. The number of hydrogen-bond donors (Lipinski definition) is 1. The van der Waals surface area contributed by atoms with E-state index in [0.29, 0.717) is 17.2 Å². The average Bonchev–Trinajstić information content (AvgIpc) is 2.31. The van der Waals surface area contributed by atoms with Crippen molar-refractivity contribution in [1.29, 1.82) is 0 Å². The molecule has 0 saturated heterocycles. The highest BCUT2D eigenvalue weighted by atomic mass is 28.4. The molecule has 2 N–H and O–H groups in total. The second kappa shape index (κ2) is 3.95. The second-order valence-electron chi connectivity index (χ2n) is 6.07. The lowest BCUT2D eigenvalue weighted by Gasteiger charge is -2.38.